The van der Waals surface area contributed by atoms with Gasteiger partial charge in [0.1, 0.15) is 17.3 Å². The van der Waals surface area contributed by atoms with Crippen molar-refractivity contribution in [2.45, 2.75) is 26.4 Å². The number of halogens is 1. The highest BCUT2D eigenvalue weighted by molar-refractivity contribution is 5.70. The summed E-state index contributed by atoms with van der Waals surface area (Å²) in [5.41, 5.74) is 4.24. The van der Waals surface area contributed by atoms with Gasteiger partial charge in [-0.05, 0) is 65.9 Å². The number of rotatable bonds is 9. The second kappa shape index (κ2) is 12.0. The zero-order valence-corrected chi connectivity index (χ0v) is 22.2. The van der Waals surface area contributed by atoms with Gasteiger partial charge in [0.2, 0.25) is 11.9 Å². The molecule has 2 aromatic carbocycles. The smallest absolute Gasteiger partial charge is 0.229 e. The molecule has 5 rings (SSSR count). The van der Waals surface area contributed by atoms with Crippen molar-refractivity contribution in [1.82, 2.24) is 19.9 Å². The van der Waals surface area contributed by atoms with Gasteiger partial charge in [0.05, 0.1) is 33.0 Å². The Labute approximate surface area is 227 Å². The molecule has 0 fully saturated rings. The van der Waals surface area contributed by atoms with Crippen LogP contribution >= 0.6 is 0 Å². The van der Waals surface area contributed by atoms with E-state index in [4.69, 9.17) is 19.2 Å². The number of ether oxygens (including phenoxy) is 3. The first kappa shape index (κ1) is 26.2. The van der Waals surface area contributed by atoms with Crippen LogP contribution in [-0.4, -0.2) is 47.4 Å². The molecule has 3 heterocycles. The van der Waals surface area contributed by atoms with Crippen molar-refractivity contribution in [2.75, 3.05) is 32.3 Å². The Morgan fingerprint density at radius 1 is 0.897 bits per heavy atom. The minimum absolute atomic E-state index is 0.237. The number of hydrogen-bond donors (Lipinski definition) is 0. The zero-order valence-electron chi connectivity index (χ0n) is 22.2. The summed E-state index contributed by atoms with van der Waals surface area (Å²) in [6, 6.07) is 17.4. The molecule has 0 radical (unpaired) electrons. The van der Waals surface area contributed by atoms with Crippen LogP contribution in [0.4, 0.5) is 10.3 Å². The maximum Gasteiger partial charge on any atom is 0.229 e. The Morgan fingerprint density at radius 3 is 2.10 bits per heavy atom. The first-order valence-corrected chi connectivity index (χ1v) is 12.7. The summed E-state index contributed by atoms with van der Waals surface area (Å²) in [4.78, 5) is 19.9. The highest BCUT2D eigenvalue weighted by Crippen LogP contribution is 2.28. The third-order valence-corrected chi connectivity index (χ3v) is 6.50. The van der Waals surface area contributed by atoms with E-state index in [1.165, 1.54) is 0 Å². The fourth-order valence-corrected chi connectivity index (χ4v) is 4.40. The van der Waals surface area contributed by atoms with Gasteiger partial charge in [-0.3, -0.25) is 0 Å². The van der Waals surface area contributed by atoms with Gasteiger partial charge in [-0.2, -0.15) is 14.4 Å². The number of methoxy groups -OCH3 is 2. The van der Waals surface area contributed by atoms with Gasteiger partial charge < -0.3 is 19.1 Å². The molecule has 9 heteroatoms. The van der Waals surface area contributed by atoms with Crippen molar-refractivity contribution in [3.8, 4) is 22.9 Å². The van der Waals surface area contributed by atoms with Crippen molar-refractivity contribution < 1.29 is 18.6 Å². The molecule has 0 atom stereocenters. The molecule has 1 aliphatic heterocycles. The molecule has 200 valence electrons. The van der Waals surface area contributed by atoms with Gasteiger partial charge in [0.25, 0.3) is 0 Å². The second-order valence-electron chi connectivity index (χ2n) is 9.18. The van der Waals surface area contributed by atoms with E-state index in [9.17, 15) is 0 Å². The number of hydrogen-bond acceptors (Lipinski definition) is 8. The number of pyridine rings is 1. The van der Waals surface area contributed by atoms with Crippen molar-refractivity contribution >= 4 is 11.5 Å². The van der Waals surface area contributed by atoms with E-state index in [1.54, 1.807) is 33.4 Å². The van der Waals surface area contributed by atoms with Crippen LogP contribution in [0.15, 0.2) is 66.9 Å². The largest absolute Gasteiger partial charge is 0.497 e. The van der Waals surface area contributed by atoms with E-state index < -0.39 is 5.95 Å². The lowest BCUT2D eigenvalue weighted by Gasteiger charge is -2.24. The number of nitrogens with zero attached hydrogens (tertiary/aromatic N) is 5. The lowest BCUT2D eigenvalue weighted by atomic mass is 10.0. The molecule has 4 aromatic rings. The van der Waals surface area contributed by atoms with Crippen LogP contribution in [0.25, 0.3) is 17.0 Å². The Bertz CT molecular complexity index is 1410. The zero-order chi connectivity index (χ0) is 27.2. The molecule has 0 bridgehead atoms. The topological polar surface area (TPSA) is 82.5 Å². The average Bonchev–Trinajstić information content (AvgIpc) is 2.98. The molecule has 0 unspecified atom stereocenters. The molecule has 8 nitrogen and oxygen atoms in total. The highest BCUT2D eigenvalue weighted by atomic mass is 19.1. The summed E-state index contributed by atoms with van der Waals surface area (Å²) in [5, 5.41) is 0. The fraction of sp³-hybridized carbons (Fsp3) is 0.267. The third kappa shape index (κ3) is 6.38. The van der Waals surface area contributed by atoms with E-state index in [-0.39, 0.29) is 11.4 Å². The molecular formula is C30H30FN5O3. The minimum atomic E-state index is -0.625. The van der Waals surface area contributed by atoms with Crippen molar-refractivity contribution in [3.63, 3.8) is 0 Å². The average molecular weight is 528 g/mol. The standard InChI is InChI=1S/C30H30FN5O3/c1-20-33-29(27-16-24(17-32-28(27)31)23-12-14-39-15-13-23)35-30(34-20)36(18-21-4-8-25(37-2)9-5-21)19-22-6-10-26(38-3)11-7-22/h4-12,16-17H,13-15,18-19H2,1-3H3. The minimum Gasteiger partial charge on any atom is -0.497 e. The predicted octanol–water partition coefficient (Wildman–Crippen LogP) is 5.41. The SMILES string of the molecule is COc1ccc(CN(Cc2ccc(OC)cc2)c2nc(C)nc(-c3cc(C4=CCOCC4)cnc3F)n2)cc1. The van der Waals surface area contributed by atoms with Gasteiger partial charge >= 0.3 is 0 Å². The molecule has 2 aromatic heterocycles. The summed E-state index contributed by atoms with van der Waals surface area (Å²) >= 11 is 0. The first-order chi connectivity index (χ1) is 19.0. The van der Waals surface area contributed by atoms with E-state index in [1.807, 2.05) is 59.5 Å². The Morgan fingerprint density at radius 2 is 1.54 bits per heavy atom. The van der Waals surface area contributed by atoms with Gasteiger partial charge in [-0.15, -0.1) is 0 Å². The number of anilines is 1. The summed E-state index contributed by atoms with van der Waals surface area (Å²) in [5.74, 6) is 2.10. The normalized spacial score (nSPS) is 13.1. The Hall–Kier alpha value is -4.37. The second-order valence-corrected chi connectivity index (χ2v) is 9.18. The van der Waals surface area contributed by atoms with Gasteiger partial charge in [-0.1, -0.05) is 30.3 Å². The summed E-state index contributed by atoms with van der Waals surface area (Å²) in [6.45, 7) is 3.98. The van der Waals surface area contributed by atoms with Crippen LogP contribution in [-0.2, 0) is 17.8 Å². The van der Waals surface area contributed by atoms with E-state index in [0.717, 1.165) is 40.2 Å². The van der Waals surface area contributed by atoms with E-state index in [2.05, 4.69) is 15.0 Å². The molecular weight excluding hydrogens is 497 g/mol. The predicted molar refractivity (Wildman–Crippen MR) is 147 cm³/mol. The molecule has 0 saturated carbocycles. The van der Waals surface area contributed by atoms with Crippen LogP contribution in [0.5, 0.6) is 11.5 Å². The number of aromatic nitrogens is 4. The molecule has 0 aliphatic carbocycles. The van der Waals surface area contributed by atoms with Gasteiger partial charge in [0.15, 0.2) is 5.82 Å². The molecule has 39 heavy (non-hydrogen) atoms. The highest BCUT2D eigenvalue weighted by Gasteiger charge is 2.19. The van der Waals surface area contributed by atoms with Crippen LogP contribution < -0.4 is 14.4 Å². The molecule has 0 N–H and O–H groups in total. The summed E-state index contributed by atoms with van der Waals surface area (Å²) in [6.07, 6.45) is 4.29. The Kier molecular flexibility index (Phi) is 8.07. The van der Waals surface area contributed by atoms with E-state index >= 15 is 4.39 Å². The third-order valence-electron chi connectivity index (χ3n) is 6.50. The maximum absolute atomic E-state index is 15.0. The van der Waals surface area contributed by atoms with Crippen molar-refractivity contribution in [3.05, 3.63) is 95.3 Å². The van der Waals surface area contributed by atoms with Gasteiger partial charge in [-0.25, -0.2) is 9.97 Å². The Balaban J connectivity index is 1.52. The molecule has 1 aliphatic rings. The number of aryl methyl sites for hydroxylation is 1. The molecule has 0 saturated heterocycles. The maximum atomic E-state index is 15.0. The lowest BCUT2D eigenvalue weighted by Crippen LogP contribution is -2.25. The molecule has 0 spiro atoms. The van der Waals surface area contributed by atoms with Crippen LogP contribution in [0.3, 0.4) is 0 Å². The summed E-state index contributed by atoms with van der Waals surface area (Å²) < 4.78 is 31.1. The van der Waals surface area contributed by atoms with Gasteiger partial charge in [0, 0.05) is 19.3 Å². The van der Waals surface area contributed by atoms with Crippen LogP contribution in [0.1, 0.15) is 28.9 Å². The fourth-order valence-electron chi connectivity index (χ4n) is 4.40. The summed E-state index contributed by atoms with van der Waals surface area (Å²) in [7, 11) is 3.28. The lowest BCUT2D eigenvalue weighted by molar-refractivity contribution is 0.161. The monoisotopic (exact) mass is 527 g/mol. The van der Waals surface area contributed by atoms with Crippen LogP contribution in [0, 0.1) is 12.9 Å². The number of benzene rings is 2. The van der Waals surface area contributed by atoms with Crippen molar-refractivity contribution in [1.29, 1.82) is 0 Å². The first-order valence-electron chi connectivity index (χ1n) is 12.7. The quantitative estimate of drug-likeness (QED) is 0.267. The van der Waals surface area contributed by atoms with Crippen molar-refractivity contribution in [2.24, 2.45) is 0 Å². The van der Waals surface area contributed by atoms with E-state index in [0.29, 0.717) is 38.1 Å². The molecule has 0 amide bonds. The van der Waals surface area contributed by atoms with Crippen LogP contribution in [0.2, 0.25) is 0 Å².